The summed E-state index contributed by atoms with van der Waals surface area (Å²) in [5.74, 6) is 0.738. The molecule has 0 radical (unpaired) electrons. The van der Waals surface area contributed by atoms with Crippen LogP contribution in [0.3, 0.4) is 0 Å². The number of ether oxygens (including phenoxy) is 2. The van der Waals surface area contributed by atoms with Crippen LogP contribution < -0.4 is 0 Å². The van der Waals surface area contributed by atoms with Crippen molar-refractivity contribution in [1.82, 2.24) is 4.90 Å². The van der Waals surface area contributed by atoms with Crippen LogP contribution in [0, 0.1) is 5.92 Å². The molecule has 4 atom stereocenters. The number of rotatable bonds is 0. The maximum atomic E-state index is 5.88. The Balaban J connectivity index is 1.84. The van der Waals surface area contributed by atoms with Crippen molar-refractivity contribution in [3.05, 3.63) is 0 Å². The molecular formula is C9H15NO2. The van der Waals surface area contributed by atoms with Crippen LogP contribution in [0.2, 0.25) is 0 Å². The molecule has 0 aromatic heterocycles. The highest BCUT2D eigenvalue weighted by atomic mass is 16.7. The largest absolute Gasteiger partial charge is 0.350 e. The molecular weight excluding hydrogens is 154 g/mol. The van der Waals surface area contributed by atoms with Crippen molar-refractivity contribution < 1.29 is 9.47 Å². The average Bonchev–Trinajstić information content (AvgIpc) is 2.67. The van der Waals surface area contributed by atoms with Gasteiger partial charge in [-0.05, 0) is 19.9 Å². The van der Waals surface area contributed by atoms with Gasteiger partial charge in [-0.25, -0.2) is 0 Å². The molecule has 3 aliphatic rings. The summed E-state index contributed by atoms with van der Waals surface area (Å²) in [6.45, 7) is 6.41. The van der Waals surface area contributed by atoms with Gasteiger partial charge in [0.15, 0.2) is 6.29 Å². The van der Waals surface area contributed by atoms with Crippen LogP contribution in [-0.2, 0) is 9.47 Å². The Hall–Kier alpha value is -0.120. The lowest BCUT2D eigenvalue weighted by Crippen LogP contribution is -2.44. The molecule has 0 saturated carbocycles. The highest BCUT2D eigenvalue weighted by Crippen LogP contribution is 2.42. The van der Waals surface area contributed by atoms with E-state index in [1.54, 1.807) is 0 Å². The predicted molar refractivity (Wildman–Crippen MR) is 43.8 cm³/mol. The molecule has 0 aromatic carbocycles. The Kier molecular flexibility index (Phi) is 1.35. The van der Waals surface area contributed by atoms with Gasteiger partial charge in [-0.2, -0.15) is 0 Å². The molecule has 3 nitrogen and oxygen atoms in total. The van der Waals surface area contributed by atoms with Gasteiger partial charge in [-0.15, -0.1) is 0 Å². The quantitative estimate of drug-likeness (QED) is 0.525. The fraction of sp³-hybridized carbons (Fsp3) is 1.00. The minimum atomic E-state index is 0.0190. The van der Waals surface area contributed by atoms with Crippen LogP contribution in [0.25, 0.3) is 0 Å². The number of hydrogen-bond acceptors (Lipinski definition) is 3. The zero-order valence-electron chi connectivity index (χ0n) is 7.45. The second kappa shape index (κ2) is 2.22. The van der Waals surface area contributed by atoms with Gasteiger partial charge in [0, 0.05) is 19.0 Å². The van der Waals surface area contributed by atoms with Crippen molar-refractivity contribution in [1.29, 1.82) is 0 Å². The van der Waals surface area contributed by atoms with Gasteiger partial charge in [0.1, 0.15) is 5.60 Å². The predicted octanol–water partition coefficient (Wildman–Crippen LogP) is 0.453. The molecule has 0 aliphatic carbocycles. The summed E-state index contributed by atoms with van der Waals surface area (Å²) >= 11 is 0. The normalized spacial score (nSPS) is 57.2. The third-order valence-electron chi connectivity index (χ3n) is 3.47. The minimum Gasteiger partial charge on any atom is -0.350 e. The molecule has 12 heavy (non-hydrogen) atoms. The zero-order chi connectivity index (χ0) is 8.18. The first-order valence-electron chi connectivity index (χ1n) is 4.80. The van der Waals surface area contributed by atoms with E-state index < -0.39 is 0 Å². The number of nitrogens with zero attached hydrogens (tertiary/aromatic N) is 1. The molecule has 3 saturated heterocycles. The number of piperidine rings is 1. The Morgan fingerprint density at radius 1 is 1.50 bits per heavy atom. The molecule has 0 N–H and O–H groups in total. The van der Waals surface area contributed by atoms with Crippen molar-refractivity contribution in [2.75, 3.05) is 26.2 Å². The minimum absolute atomic E-state index is 0.0190. The molecule has 3 fully saturated rings. The SMILES string of the molecule is C[C@H]1OCC2(CN3CC[C@@H]2C3)O1. The van der Waals surface area contributed by atoms with Crippen LogP contribution in [0.5, 0.6) is 0 Å². The van der Waals surface area contributed by atoms with E-state index in [0.29, 0.717) is 0 Å². The molecule has 2 unspecified atom stereocenters. The fourth-order valence-electron chi connectivity index (χ4n) is 2.87. The van der Waals surface area contributed by atoms with E-state index in [9.17, 15) is 0 Å². The Bertz CT molecular complexity index is 205. The van der Waals surface area contributed by atoms with Crippen molar-refractivity contribution in [3.8, 4) is 0 Å². The number of hydrogen-bond donors (Lipinski definition) is 0. The van der Waals surface area contributed by atoms with E-state index in [-0.39, 0.29) is 11.9 Å². The molecule has 2 bridgehead atoms. The first-order valence-corrected chi connectivity index (χ1v) is 4.80. The van der Waals surface area contributed by atoms with E-state index >= 15 is 0 Å². The van der Waals surface area contributed by atoms with E-state index in [1.807, 2.05) is 6.92 Å². The first-order chi connectivity index (χ1) is 5.78. The molecule has 68 valence electrons. The molecule has 0 amide bonds. The summed E-state index contributed by atoms with van der Waals surface area (Å²) in [7, 11) is 0. The van der Waals surface area contributed by atoms with Gasteiger partial charge in [0.05, 0.1) is 6.61 Å². The highest BCUT2D eigenvalue weighted by Gasteiger charge is 2.54. The van der Waals surface area contributed by atoms with Crippen molar-refractivity contribution in [2.24, 2.45) is 5.92 Å². The molecule has 0 aromatic rings. The van der Waals surface area contributed by atoms with Gasteiger partial charge in [-0.1, -0.05) is 0 Å². The summed E-state index contributed by atoms with van der Waals surface area (Å²) in [4.78, 5) is 2.49. The smallest absolute Gasteiger partial charge is 0.155 e. The van der Waals surface area contributed by atoms with Crippen LogP contribution in [0.15, 0.2) is 0 Å². The molecule has 3 heteroatoms. The topological polar surface area (TPSA) is 21.7 Å². The van der Waals surface area contributed by atoms with Gasteiger partial charge in [0.2, 0.25) is 0 Å². The summed E-state index contributed by atoms with van der Waals surface area (Å²) < 4.78 is 11.4. The standard InChI is InChI=1S/C9H15NO2/c1-7-11-6-9(12-7)5-10-3-2-8(9)4-10/h7-8H,2-6H2,1H3/t7-,8+,9?/m0/s1. The van der Waals surface area contributed by atoms with E-state index in [4.69, 9.17) is 9.47 Å². The summed E-state index contributed by atoms with van der Waals surface area (Å²) in [6.07, 6.45) is 1.32. The fourth-order valence-corrected chi connectivity index (χ4v) is 2.87. The van der Waals surface area contributed by atoms with Crippen LogP contribution in [-0.4, -0.2) is 43.0 Å². The number of fused-ring (bicyclic) bond motifs is 3. The lowest BCUT2D eigenvalue weighted by atomic mass is 9.88. The summed E-state index contributed by atoms with van der Waals surface area (Å²) in [6, 6.07) is 0. The van der Waals surface area contributed by atoms with Gasteiger partial charge < -0.3 is 9.47 Å². The molecule has 3 heterocycles. The Morgan fingerprint density at radius 3 is 2.92 bits per heavy atom. The Labute approximate surface area is 72.6 Å². The van der Waals surface area contributed by atoms with Gasteiger partial charge >= 0.3 is 0 Å². The zero-order valence-corrected chi connectivity index (χ0v) is 7.45. The van der Waals surface area contributed by atoms with Crippen LogP contribution in [0.1, 0.15) is 13.3 Å². The third kappa shape index (κ3) is 0.817. The lowest BCUT2D eigenvalue weighted by molar-refractivity contribution is -0.0916. The molecule has 1 spiro atoms. The summed E-state index contributed by atoms with van der Waals surface area (Å²) in [5, 5.41) is 0. The van der Waals surface area contributed by atoms with Gasteiger partial charge in [0.25, 0.3) is 0 Å². The van der Waals surface area contributed by atoms with Gasteiger partial charge in [-0.3, -0.25) is 4.90 Å². The van der Waals surface area contributed by atoms with Crippen molar-refractivity contribution in [2.45, 2.75) is 25.2 Å². The highest BCUT2D eigenvalue weighted by molar-refractivity contribution is 5.05. The Morgan fingerprint density at radius 2 is 2.42 bits per heavy atom. The van der Waals surface area contributed by atoms with Crippen molar-refractivity contribution in [3.63, 3.8) is 0 Å². The third-order valence-corrected chi connectivity index (χ3v) is 3.47. The monoisotopic (exact) mass is 169 g/mol. The average molecular weight is 169 g/mol. The lowest BCUT2D eigenvalue weighted by Gasteiger charge is -2.31. The maximum absolute atomic E-state index is 5.88. The first kappa shape index (κ1) is 7.30. The van der Waals surface area contributed by atoms with Crippen LogP contribution in [0.4, 0.5) is 0 Å². The second-order valence-electron chi connectivity index (χ2n) is 4.28. The van der Waals surface area contributed by atoms with E-state index in [1.165, 1.54) is 19.5 Å². The van der Waals surface area contributed by atoms with E-state index in [2.05, 4.69) is 4.90 Å². The van der Waals surface area contributed by atoms with Crippen molar-refractivity contribution >= 4 is 0 Å². The molecule has 3 rings (SSSR count). The second-order valence-corrected chi connectivity index (χ2v) is 4.28. The summed E-state index contributed by atoms with van der Waals surface area (Å²) in [5.41, 5.74) is 0.0810. The van der Waals surface area contributed by atoms with E-state index in [0.717, 1.165) is 19.1 Å². The molecule has 3 aliphatic heterocycles. The van der Waals surface area contributed by atoms with Crippen LogP contribution >= 0.6 is 0 Å². The maximum Gasteiger partial charge on any atom is 0.155 e.